The Labute approximate surface area is 117 Å². The van der Waals surface area contributed by atoms with Crippen LogP contribution in [0.4, 0.5) is 14.5 Å². The molecular formula is C14H18F2N2S. The summed E-state index contributed by atoms with van der Waals surface area (Å²) in [6.45, 7) is 2.18. The van der Waals surface area contributed by atoms with Crippen molar-refractivity contribution >= 4 is 23.0 Å². The third kappa shape index (κ3) is 3.86. The highest BCUT2D eigenvalue weighted by atomic mass is 32.1. The van der Waals surface area contributed by atoms with E-state index in [1.165, 1.54) is 19.3 Å². The second kappa shape index (κ2) is 6.28. The monoisotopic (exact) mass is 284 g/mol. The van der Waals surface area contributed by atoms with E-state index in [1.54, 1.807) is 0 Å². The highest BCUT2D eigenvalue weighted by molar-refractivity contribution is 7.80. The lowest BCUT2D eigenvalue weighted by Gasteiger charge is -2.30. The zero-order valence-electron chi connectivity index (χ0n) is 10.9. The molecule has 0 bridgehead atoms. The molecule has 19 heavy (non-hydrogen) atoms. The first-order valence-corrected chi connectivity index (χ1v) is 6.99. The van der Waals surface area contributed by atoms with Crippen molar-refractivity contribution in [3.8, 4) is 0 Å². The third-order valence-corrected chi connectivity index (χ3v) is 3.82. The van der Waals surface area contributed by atoms with Gasteiger partial charge < -0.3 is 10.6 Å². The van der Waals surface area contributed by atoms with Crippen molar-refractivity contribution in [2.45, 2.75) is 38.6 Å². The maximum absolute atomic E-state index is 13.5. The molecule has 1 aliphatic carbocycles. The van der Waals surface area contributed by atoms with E-state index < -0.39 is 11.6 Å². The fraction of sp³-hybridized carbons (Fsp3) is 0.500. The quantitative estimate of drug-likeness (QED) is 0.807. The van der Waals surface area contributed by atoms with Crippen LogP contribution in [0.5, 0.6) is 0 Å². The summed E-state index contributed by atoms with van der Waals surface area (Å²) in [6.07, 6.45) is 4.67. The fourth-order valence-electron chi connectivity index (χ4n) is 2.45. The number of benzene rings is 1. The minimum atomic E-state index is -0.512. The molecule has 2 atom stereocenters. The molecule has 1 aromatic rings. The zero-order valence-corrected chi connectivity index (χ0v) is 11.7. The summed E-state index contributed by atoms with van der Waals surface area (Å²) in [5.41, 5.74) is 0.0703. The Kier molecular flexibility index (Phi) is 4.69. The SMILES string of the molecule is C[C@H]1CCCC[C@@H]1NC(=S)Nc1cc(F)ccc1F. The average molecular weight is 284 g/mol. The van der Waals surface area contributed by atoms with Crippen LogP contribution in [0, 0.1) is 17.6 Å². The Morgan fingerprint density at radius 3 is 2.74 bits per heavy atom. The number of anilines is 1. The Balaban J connectivity index is 1.95. The zero-order chi connectivity index (χ0) is 13.8. The Bertz CT molecular complexity index is 465. The molecule has 0 aliphatic heterocycles. The van der Waals surface area contributed by atoms with Crippen LogP contribution in [0.25, 0.3) is 0 Å². The largest absolute Gasteiger partial charge is 0.359 e. The molecule has 0 saturated heterocycles. The van der Waals surface area contributed by atoms with Crippen molar-refractivity contribution in [1.29, 1.82) is 0 Å². The normalized spacial score (nSPS) is 22.9. The van der Waals surface area contributed by atoms with Crippen molar-refractivity contribution in [3.63, 3.8) is 0 Å². The van der Waals surface area contributed by atoms with Gasteiger partial charge in [-0.1, -0.05) is 19.8 Å². The lowest BCUT2D eigenvalue weighted by molar-refractivity contribution is 0.309. The van der Waals surface area contributed by atoms with Crippen LogP contribution in [0.15, 0.2) is 18.2 Å². The van der Waals surface area contributed by atoms with Gasteiger partial charge >= 0.3 is 0 Å². The maximum atomic E-state index is 13.5. The molecule has 2 rings (SSSR count). The summed E-state index contributed by atoms with van der Waals surface area (Å²) in [4.78, 5) is 0. The summed E-state index contributed by atoms with van der Waals surface area (Å²) >= 11 is 5.16. The van der Waals surface area contributed by atoms with Gasteiger partial charge in [-0.05, 0) is 43.1 Å². The van der Waals surface area contributed by atoms with Gasteiger partial charge in [-0.2, -0.15) is 0 Å². The van der Waals surface area contributed by atoms with Gasteiger partial charge in [-0.3, -0.25) is 0 Å². The minimum Gasteiger partial charge on any atom is -0.359 e. The number of nitrogens with one attached hydrogen (secondary N) is 2. The number of thiocarbonyl (C=S) groups is 1. The van der Waals surface area contributed by atoms with Crippen LogP contribution in [-0.4, -0.2) is 11.2 Å². The molecule has 2 nitrogen and oxygen atoms in total. The van der Waals surface area contributed by atoms with Crippen LogP contribution in [0.3, 0.4) is 0 Å². The molecule has 0 radical (unpaired) electrons. The van der Waals surface area contributed by atoms with E-state index in [4.69, 9.17) is 12.2 Å². The van der Waals surface area contributed by atoms with Crippen LogP contribution in [-0.2, 0) is 0 Å². The van der Waals surface area contributed by atoms with Crippen molar-refractivity contribution in [3.05, 3.63) is 29.8 Å². The number of halogens is 2. The smallest absolute Gasteiger partial charge is 0.171 e. The van der Waals surface area contributed by atoms with Gasteiger partial charge in [0.15, 0.2) is 5.11 Å². The van der Waals surface area contributed by atoms with Crippen LogP contribution < -0.4 is 10.6 Å². The molecule has 1 aliphatic rings. The van der Waals surface area contributed by atoms with Gasteiger partial charge in [0.05, 0.1) is 5.69 Å². The van der Waals surface area contributed by atoms with Crippen LogP contribution >= 0.6 is 12.2 Å². The van der Waals surface area contributed by atoms with Crippen molar-refractivity contribution in [2.75, 3.05) is 5.32 Å². The standard InChI is InChI=1S/C14H18F2N2S/c1-9-4-2-3-5-12(9)17-14(19)18-13-8-10(15)6-7-11(13)16/h6-9,12H,2-5H2,1H3,(H2,17,18,19)/t9-,12-/m0/s1. The van der Waals surface area contributed by atoms with Crippen molar-refractivity contribution in [2.24, 2.45) is 5.92 Å². The molecule has 0 heterocycles. The van der Waals surface area contributed by atoms with Crippen LogP contribution in [0.2, 0.25) is 0 Å². The summed E-state index contributed by atoms with van der Waals surface area (Å²) in [5, 5.41) is 6.27. The molecule has 104 valence electrons. The van der Waals surface area contributed by atoms with E-state index >= 15 is 0 Å². The summed E-state index contributed by atoms with van der Waals surface area (Å²) < 4.78 is 26.5. The van der Waals surface area contributed by atoms with E-state index in [0.29, 0.717) is 17.1 Å². The summed E-state index contributed by atoms with van der Waals surface area (Å²) in [5.74, 6) is -0.453. The lowest BCUT2D eigenvalue weighted by Crippen LogP contribution is -2.43. The van der Waals surface area contributed by atoms with Gasteiger partial charge in [-0.15, -0.1) is 0 Å². The number of rotatable bonds is 2. The molecule has 0 amide bonds. The fourth-order valence-corrected chi connectivity index (χ4v) is 2.71. The lowest BCUT2D eigenvalue weighted by atomic mass is 9.86. The maximum Gasteiger partial charge on any atom is 0.171 e. The molecule has 0 aromatic heterocycles. The third-order valence-electron chi connectivity index (χ3n) is 3.60. The molecule has 2 N–H and O–H groups in total. The first kappa shape index (κ1) is 14.2. The van der Waals surface area contributed by atoms with E-state index in [-0.39, 0.29) is 5.69 Å². The van der Waals surface area contributed by atoms with Crippen LogP contribution in [0.1, 0.15) is 32.6 Å². The van der Waals surface area contributed by atoms with Gasteiger partial charge in [0, 0.05) is 12.1 Å². The van der Waals surface area contributed by atoms with Crippen molar-refractivity contribution in [1.82, 2.24) is 5.32 Å². The molecule has 0 spiro atoms. The molecule has 0 unspecified atom stereocenters. The summed E-state index contributed by atoms with van der Waals surface area (Å²) in [6, 6.07) is 3.59. The second-order valence-corrected chi connectivity index (χ2v) is 5.50. The van der Waals surface area contributed by atoms with Crippen molar-refractivity contribution < 1.29 is 8.78 Å². The molecule has 1 saturated carbocycles. The highest BCUT2D eigenvalue weighted by Crippen LogP contribution is 2.24. The topological polar surface area (TPSA) is 24.1 Å². The molecule has 5 heteroatoms. The Morgan fingerprint density at radius 2 is 2.00 bits per heavy atom. The number of hydrogen-bond acceptors (Lipinski definition) is 1. The average Bonchev–Trinajstić information content (AvgIpc) is 2.37. The molecular weight excluding hydrogens is 266 g/mol. The number of hydrogen-bond donors (Lipinski definition) is 2. The van der Waals surface area contributed by atoms with Gasteiger partial charge in [-0.25, -0.2) is 8.78 Å². The minimum absolute atomic E-state index is 0.0703. The van der Waals surface area contributed by atoms with Gasteiger partial charge in [0.1, 0.15) is 11.6 Å². The van der Waals surface area contributed by atoms with Gasteiger partial charge in [0.25, 0.3) is 0 Å². The van der Waals surface area contributed by atoms with E-state index in [2.05, 4.69) is 17.6 Å². The molecule has 1 aromatic carbocycles. The summed E-state index contributed by atoms with van der Waals surface area (Å²) in [7, 11) is 0. The Hall–Kier alpha value is -1.23. The van der Waals surface area contributed by atoms with E-state index in [1.807, 2.05) is 0 Å². The predicted octanol–water partition coefficient (Wildman–Crippen LogP) is 3.83. The highest BCUT2D eigenvalue weighted by Gasteiger charge is 2.21. The first-order valence-electron chi connectivity index (χ1n) is 6.59. The van der Waals surface area contributed by atoms with E-state index in [0.717, 1.165) is 24.6 Å². The second-order valence-electron chi connectivity index (χ2n) is 5.09. The van der Waals surface area contributed by atoms with Gasteiger partial charge in [0.2, 0.25) is 0 Å². The van der Waals surface area contributed by atoms with E-state index in [9.17, 15) is 8.78 Å². The Morgan fingerprint density at radius 1 is 1.26 bits per heavy atom. The molecule has 1 fully saturated rings. The first-order chi connectivity index (χ1) is 9.06. The predicted molar refractivity (Wildman–Crippen MR) is 77.1 cm³/mol.